The molecule has 2 heterocycles. The van der Waals surface area contributed by atoms with Crippen molar-refractivity contribution >= 4 is 10.2 Å². The fraction of sp³-hybridized carbons (Fsp3) is 0.818. The van der Waals surface area contributed by atoms with Crippen molar-refractivity contribution in [3.63, 3.8) is 0 Å². The van der Waals surface area contributed by atoms with Crippen molar-refractivity contribution in [3.8, 4) is 0 Å². The molecule has 0 aliphatic carbocycles. The minimum absolute atomic E-state index is 0.0350. The maximum Gasteiger partial charge on any atom is 0.282 e. The molecule has 8 nitrogen and oxygen atoms in total. The highest BCUT2D eigenvalue weighted by molar-refractivity contribution is 7.86. The number of H-pyrrole nitrogens is 1. The summed E-state index contributed by atoms with van der Waals surface area (Å²) in [4.78, 5) is 6.25. The second kappa shape index (κ2) is 6.17. The second-order valence-electron chi connectivity index (χ2n) is 5.23. The highest BCUT2D eigenvalue weighted by atomic mass is 32.2. The van der Waals surface area contributed by atoms with Crippen LogP contribution in [0.15, 0.2) is 6.33 Å². The van der Waals surface area contributed by atoms with Crippen LogP contribution in [0.4, 0.5) is 0 Å². The largest absolute Gasteiger partial charge is 0.293 e. The zero-order valence-electron chi connectivity index (χ0n) is 12.2. The van der Waals surface area contributed by atoms with Gasteiger partial charge in [0, 0.05) is 39.3 Å². The third-order valence-electron chi connectivity index (χ3n) is 3.59. The number of hydrogen-bond acceptors (Lipinski definition) is 5. The molecule has 0 atom stereocenters. The Bertz CT molecular complexity index is 507. The fourth-order valence-corrected chi connectivity index (χ4v) is 3.61. The maximum atomic E-state index is 12.4. The first-order chi connectivity index (χ1) is 9.41. The van der Waals surface area contributed by atoms with Gasteiger partial charge in [0.25, 0.3) is 10.2 Å². The van der Waals surface area contributed by atoms with Gasteiger partial charge in [0.05, 0.1) is 6.54 Å². The Kier molecular flexibility index (Phi) is 4.74. The molecule has 114 valence electrons. The maximum absolute atomic E-state index is 12.4. The van der Waals surface area contributed by atoms with E-state index in [1.165, 1.54) is 10.6 Å². The molecule has 0 radical (unpaired) electrons. The standard InChI is InChI=1S/C11H22N6O2S/c1-10(2)15(3)20(18,19)17-6-4-16(5-7-17)8-11-12-9-13-14-11/h9-10H,4-8H2,1-3H3,(H,12,13,14). The molecule has 1 saturated heterocycles. The van der Waals surface area contributed by atoms with E-state index in [1.54, 1.807) is 11.4 Å². The van der Waals surface area contributed by atoms with Gasteiger partial charge < -0.3 is 0 Å². The summed E-state index contributed by atoms with van der Waals surface area (Å²) in [6.07, 6.45) is 1.48. The van der Waals surface area contributed by atoms with E-state index in [2.05, 4.69) is 20.1 Å². The van der Waals surface area contributed by atoms with Crippen molar-refractivity contribution < 1.29 is 8.42 Å². The van der Waals surface area contributed by atoms with Crippen LogP contribution in [-0.4, -0.2) is 76.4 Å². The van der Waals surface area contributed by atoms with Gasteiger partial charge in [-0.25, -0.2) is 4.98 Å². The number of nitrogens with zero attached hydrogens (tertiary/aromatic N) is 5. The molecule has 2 rings (SSSR count). The number of piperazine rings is 1. The number of nitrogens with one attached hydrogen (secondary N) is 1. The minimum Gasteiger partial charge on any atom is -0.293 e. The molecule has 0 spiro atoms. The van der Waals surface area contributed by atoms with Gasteiger partial charge in [0.2, 0.25) is 0 Å². The molecule has 1 N–H and O–H groups in total. The molecule has 1 aromatic rings. The summed E-state index contributed by atoms with van der Waals surface area (Å²) in [5.74, 6) is 0.806. The third kappa shape index (κ3) is 3.35. The van der Waals surface area contributed by atoms with Crippen molar-refractivity contribution in [1.29, 1.82) is 0 Å². The first-order valence-corrected chi connectivity index (χ1v) is 8.10. The van der Waals surface area contributed by atoms with E-state index in [0.717, 1.165) is 5.82 Å². The molecule has 1 aliphatic rings. The quantitative estimate of drug-likeness (QED) is 0.793. The van der Waals surface area contributed by atoms with Crippen molar-refractivity contribution in [2.24, 2.45) is 0 Å². The lowest BCUT2D eigenvalue weighted by molar-refractivity contribution is 0.171. The summed E-state index contributed by atoms with van der Waals surface area (Å²) < 4.78 is 27.7. The Balaban J connectivity index is 1.91. The van der Waals surface area contributed by atoms with Crippen LogP contribution in [0.5, 0.6) is 0 Å². The fourth-order valence-electron chi connectivity index (χ4n) is 2.09. The highest BCUT2D eigenvalue weighted by Crippen LogP contribution is 2.14. The molecule has 9 heteroatoms. The van der Waals surface area contributed by atoms with Crippen LogP contribution in [0, 0.1) is 0 Å². The minimum atomic E-state index is -3.34. The van der Waals surface area contributed by atoms with Gasteiger partial charge >= 0.3 is 0 Å². The molecular formula is C11H22N6O2S. The molecular weight excluding hydrogens is 280 g/mol. The SMILES string of the molecule is CC(C)N(C)S(=O)(=O)N1CCN(Cc2ncn[nH]2)CC1. The third-order valence-corrected chi connectivity index (χ3v) is 5.75. The van der Waals surface area contributed by atoms with Crippen molar-refractivity contribution in [1.82, 2.24) is 28.7 Å². The van der Waals surface area contributed by atoms with E-state index in [-0.39, 0.29) is 6.04 Å². The van der Waals surface area contributed by atoms with Crippen LogP contribution in [-0.2, 0) is 16.8 Å². The molecule has 1 aromatic heterocycles. The van der Waals surface area contributed by atoms with E-state index >= 15 is 0 Å². The number of aromatic amines is 1. The van der Waals surface area contributed by atoms with Gasteiger partial charge in [-0.1, -0.05) is 0 Å². The molecule has 0 bridgehead atoms. The Morgan fingerprint density at radius 1 is 1.35 bits per heavy atom. The van der Waals surface area contributed by atoms with Gasteiger partial charge in [-0.3, -0.25) is 10.00 Å². The average molecular weight is 302 g/mol. The van der Waals surface area contributed by atoms with Crippen LogP contribution < -0.4 is 0 Å². The van der Waals surface area contributed by atoms with Crippen molar-refractivity contribution in [2.45, 2.75) is 26.4 Å². The van der Waals surface area contributed by atoms with Crippen LogP contribution in [0.2, 0.25) is 0 Å². The lowest BCUT2D eigenvalue weighted by atomic mass is 10.3. The van der Waals surface area contributed by atoms with Crippen LogP contribution >= 0.6 is 0 Å². The van der Waals surface area contributed by atoms with Gasteiger partial charge in [-0.05, 0) is 13.8 Å². The van der Waals surface area contributed by atoms with Crippen LogP contribution in [0.3, 0.4) is 0 Å². The van der Waals surface area contributed by atoms with Crippen LogP contribution in [0.1, 0.15) is 19.7 Å². The number of aromatic nitrogens is 3. The summed E-state index contributed by atoms with van der Waals surface area (Å²) in [7, 11) is -1.72. The monoisotopic (exact) mass is 302 g/mol. The van der Waals surface area contributed by atoms with E-state index < -0.39 is 10.2 Å². The summed E-state index contributed by atoms with van der Waals surface area (Å²) in [6.45, 7) is 6.84. The Morgan fingerprint density at radius 3 is 2.50 bits per heavy atom. The Labute approximate surface area is 120 Å². The molecule has 0 unspecified atom stereocenters. The molecule has 1 aliphatic heterocycles. The normalized spacial score (nSPS) is 19.1. The van der Waals surface area contributed by atoms with Crippen molar-refractivity contribution in [2.75, 3.05) is 33.2 Å². The van der Waals surface area contributed by atoms with Gasteiger partial charge in [-0.15, -0.1) is 0 Å². The first kappa shape index (κ1) is 15.4. The molecule has 0 amide bonds. The Morgan fingerprint density at radius 2 is 2.00 bits per heavy atom. The van der Waals surface area contributed by atoms with Gasteiger partial charge in [0.15, 0.2) is 0 Å². The Hall–Kier alpha value is -1.03. The van der Waals surface area contributed by atoms with E-state index in [4.69, 9.17) is 0 Å². The smallest absolute Gasteiger partial charge is 0.282 e. The van der Waals surface area contributed by atoms with Crippen LogP contribution in [0.25, 0.3) is 0 Å². The summed E-state index contributed by atoms with van der Waals surface area (Å²) in [5, 5.41) is 6.62. The lowest BCUT2D eigenvalue weighted by Gasteiger charge is -2.36. The van der Waals surface area contributed by atoms with Gasteiger partial charge in [0.1, 0.15) is 12.2 Å². The molecule has 20 heavy (non-hydrogen) atoms. The number of rotatable bonds is 5. The topological polar surface area (TPSA) is 85.4 Å². The predicted octanol–water partition coefficient (Wildman–Crippen LogP) is -0.493. The molecule has 0 saturated carbocycles. The summed E-state index contributed by atoms with van der Waals surface area (Å²) in [5.41, 5.74) is 0. The first-order valence-electron chi connectivity index (χ1n) is 6.71. The second-order valence-corrected chi connectivity index (χ2v) is 7.21. The van der Waals surface area contributed by atoms with Crippen molar-refractivity contribution in [3.05, 3.63) is 12.2 Å². The van der Waals surface area contributed by atoms with Gasteiger partial charge in [-0.2, -0.15) is 22.1 Å². The summed E-state index contributed by atoms with van der Waals surface area (Å²) >= 11 is 0. The number of hydrogen-bond donors (Lipinski definition) is 1. The summed E-state index contributed by atoms with van der Waals surface area (Å²) in [6, 6.07) is -0.0350. The highest BCUT2D eigenvalue weighted by Gasteiger charge is 2.31. The molecule has 1 fully saturated rings. The zero-order valence-corrected chi connectivity index (χ0v) is 13.0. The van der Waals surface area contributed by atoms with E-state index in [9.17, 15) is 8.42 Å². The lowest BCUT2D eigenvalue weighted by Crippen LogP contribution is -2.53. The predicted molar refractivity (Wildman–Crippen MR) is 75.1 cm³/mol. The van der Waals surface area contributed by atoms with E-state index in [1.807, 2.05) is 13.8 Å². The average Bonchev–Trinajstić information content (AvgIpc) is 2.91. The van der Waals surface area contributed by atoms with E-state index in [0.29, 0.717) is 32.7 Å². The zero-order chi connectivity index (χ0) is 14.8. The molecule has 0 aromatic carbocycles.